The molecule has 0 saturated carbocycles. The number of anilines is 1. The second kappa shape index (κ2) is 2.91. The summed E-state index contributed by atoms with van der Waals surface area (Å²) in [7, 11) is 0. The van der Waals surface area contributed by atoms with Crippen LogP contribution in [0.2, 0.25) is 0 Å². The summed E-state index contributed by atoms with van der Waals surface area (Å²) >= 11 is 0. The third kappa shape index (κ3) is 1.24. The lowest BCUT2D eigenvalue weighted by Gasteiger charge is -2.24. The molecule has 68 valence electrons. The SMILES string of the molecule is CC1=CNc2c(C)cccc2C1C. The van der Waals surface area contributed by atoms with Gasteiger partial charge in [0.25, 0.3) is 0 Å². The van der Waals surface area contributed by atoms with E-state index in [9.17, 15) is 0 Å². The first-order chi connectivity index (χ1) is 6.20. The van der Waals surface area contributed by atoms with Crippen molar-refractivity contribution in [3.8, 4) is 0 Å². The van der Waals surface area contributed by atoms with Crippen LogP contribution in [0.5, 0.6) is 0 Å². The van der Waals surface area contributed by atoms with Crippen molar-refractivity contribution in [1.82, 2.24) is 0 Å². The van der Waals surface area contributed by atoms with Crippen molar-refractivity contribution in [2.45, 2.75) is 26.7 Å². The van der Waals surface area contributed by atoms with Gasteiger partial charge >= 0.3 is 0 Å². The van der Waals surface area contributed by atoms with Crippen LogP contribution in [0.15, 0.2) is 30.0 Å². The number of aryl methyl sites for hydroxylation is 1. The summed E-state index contributed by atoms with van der Waals surface area (Å²) in [6.07, 6.45) is 2.11. The van der Waals surface area contributed by atoms with E-state index in [0.29, 0.717) is 5.92 Å². The molecule has 0 aliphatic carbocycles. The number of allylic oxidation sites excluding steroid dienone is 1. The molecule has 1 unspecified atom stereocenters. The minimum absolute atomic E-state index is 0.552. The Morgan fingerprint density at radius 1 is 1.23 bits per heavy atom. The highest BCUT2D eigenvalue weighted by atomic mass is 14.9. The predicted octanol–water partition coefficient (Wildman–Crippen LogP) is 3.43. The van der Waals surface area contributed by atoms with Gasteiger partial charge in [-0.15, -0.1) is 0 Å². The van der Waals surface area contributed by atoms with Crippen LogP contribution >= 0.6 is 0 Å². The molecule has 0 saturated heterocycles. The van der Waals surface area contributed by atoms with Gasteiger partial charge in [-0.2, -0.15) is 0 Å². The number of benzene rings is 1. The van der Waals surface area contributed by atoms with Gasteiger partial charge < -0.3 is 5.32 Å². The van der Waals surface area contributed by atoms with Gasteiger partial charge in [-0.05, 0) is 25.0 Å². The molecule has 0 spiro atoms. The van der Waals surface area contributed by atoms with Crippen molar-refractivity contribution in [3.63, 3.8) is 0 Å². The molecule has 2 rings (SSSR count). The molecular formula is C12H15N. The van der Waals surface area contributed by atoms with Gasteiger partial charge in [0.05, 0.1) is 0 Å². The third-order valence-electron chi connectivity index (χ3n) is 2.90. The molecule has 13 heavy (non-hydrogen) atoms. The molecule has 0 aromatic heterocycles. The van der Waals surface area contributed by atoms with Crippen LogP contribution in [-0.4, -0.2) is 0 Å². The van der Waals surface area contributed by atoms with Gasteiger partial charge in [0.15, 0.2) is 0 Å². The van der Waals surface area contributed by atoms with Crippen molar-refractivity contribution >= 4 is 5.69 Å². The summed E-state index contributed by atoms with van der Waals surface area (Å²) in [6, 6.07) is 6.48. The molecule has 1 atom stereocenters. The van der Waals surface area contributed by atoms with Gasteiger partial charge in [0.1, 0.15) is 0 Å². The molecule has 0 bridgehead atoms. The van der Waals surface area contributed by atoms with E-state index in [0.717, 1.165) is 0 Å². The first kappa shape index (κ1) is 8.36. The Morgan fingerprint density at radius 3 is 2.77 bits per heavy atom. The van der Waals surface area contributed by atoms with Gasteiger partial charge in [-0.3, -0.25) is 0 Å². The first-order valence-electron chi connectivity index (χ1n) is 4.73. The number of fused-ring (bicyclic) bond motifs is 1. The van der Waals surface area contributed by atoms with E-state index in [2.05, 4.69) is 50.5 Å². The van der Waals surface area contributed by atoms with Crippen LogP contribution in [0, 0.1) is 6.92 Å². The van der Waals surface area contributed by atoms with Gasteiger partial charge in [0.2, 0.25) is 0 Å². The van der Waals surface area contributed by atoms with Crippen LogP contribution in [0.25, 0.3) is 0 Å². The van der Waals surface area contributed by atoms with Crippen molar-refractivity contribution in [2.75, 3.05) is 5.32 Å². The Hall–Kier alpha value is -1.24. The molecule has 1 aromatic carbocycles. The van der Waals surface area contributed by atoms with E-state index < -0.39 is 0 Å². The fourth-order valence-electron chi connectivity index (χ4n) is 1.80. The van der Waals surface area contributed by atoms with E-state index in [1.54, 1.807) is 0 Å². The lowest BCUT2D eigenvalue weighted by atomic mass is 9.89. The molecule has 0 radical (unpaired) electrons. The Labute approximate surface area is 79.5 Å². The van der Waals surface area contributed by atoms with Gasteiger partial charge in [-0.1, -0.05) is 30.7 Å². The van der Waals surface area contributed by atoms with Crippen LogP contribution in [0.4, 0.5) is 5.69 Å². The molecular weight excluding hydrogens is 158 g/mol. The highest BCUT2D eigenvalue weighted by molar-refractivity contribution is 5.63. The van der Waals surface area contributed by atoms with E-state index in [1.165, 1.54) is 22.4 Å². The number of hydrogen-bond acceptors (Lipinski definition) is 1. The van der Waals surface area contributed by atoms with Crippen LogP contribution in [-0.2, 0) is 0 Å². The van der Waals surface area contributed by atoms with Gasteiger partial charge in [0, 0.05) is 17.8 Å². The van der Waals surface area contributed by atoms with Crippen LogP contribution in [0.1, 0.15) is 30.9 Å². The van der Waals surface area contributed by atoms with Crippen LogP contribution in [0.3, 0.4) is 0 Å². The molecule has 1 heteroatoms. The largest absolute Gasteiger partial charge is 0.361 e. The number of para-hydroxylation sites is 1. The Morgan fingerprint density at radius 2 is 2.00 bits per heavy atom. The normalized spacial score (nSPS) is 20.2. The average molecular weight is 173 g/mol. The molecule has 1 heterocycles. The minimum atomic E-state index is 0.552. The smallest absolute Gasteiger partial charge is 0.0448 e. The highest BCUT2D eigenvalue weighted by Gasteiger charge is 2.16. The van der Waals surface area contributed by atoms with Crippen LogP contribution < -0.4 is 5.32 Å². The maximum Gasteiger partial charge on any atom is 0.0448 e. The molecule has 1 aliphatic heterocycles. The zero-order valence-corrected chi connectivity index (χ0v) is 8.39. The molecule has 0 fully saturated rings. The average Bonchev–Trinajstić information content (AvgIpc) is 2.12. The van der Waals surface area contributed by atoms with Gasteiger partial charge in [-0.25, -0.2) is 0 Å². The summed E-state index contributed by atoms with van der Waals surface area (Å²) in [5.41, 5.74) is 5.44. The monoisotopic (exact) mass is 173 g/mol. The number of nitrogens with one attached hydrogen (secondary N) is 1. The zero-order valence-electron chi connectivity index (χ0n) is 8.39. The fraction of sp³-hybridized carbons (Fsp3) is 0.333. The molecule has 1 N–H and O–H groups in total. The third-order valence-corrected chi connectivity index (χ3v) is 2.90. The lowest BCUT2D eigenvalue weighted by Crippen LogP contribution is -2.09. The summed E-state index contributed by atoms with van der Waals surface area (Å²) < 4.78 is 0. The minimum Gasteiger partial charge on any atom is -0.361 e. The molecule has 1 aliphatic rings. The summed E-state index contributed by atoms with van der Waals surface area (Å²) in [6.45, 7) is 6.57. The molecule has 0 amide bonds. The van der Waals surface area contributed by atoms with Crippen molar-refractivity contribution in [1.29, 1.82) is 0 Å². The second-order valence-corrected chi connectivity index (χ2v) is 3.79. The lowest BCUT2D eigenvalue weighted by molar-refractivity contribution is 0.877. The Kier molecular flexibility index (Phi) is 1.87. The highest BCUT2D eigenvalue weighted by Crippen LogP contribution is 2.35. The maximum atomic E-state index is 3.35. The van der Waals surface area contributed by atoms with E-state index >= 15 is 0 Å². The van der Waals surface area contributed by atoms with Crippen molar-refractivity contribution < 1.29 is 0 Å². The molecule has 1 nitrogen and oxygen atoms in total. The number of hydrogen-bond donors (Lipinski definition) is 1. The summed E-state index contributed by atoms with van der Waals surface area (Å²) in [5.74, 6) is 0.552. The van der Waals surface area contributed by atoms with Crippen molar-refractivity contribution in [2.24, 2.45) is 0 Å². The standard InChI is InChI=1S/C12H15N/c1-8-5-4-6-11-10(3)9(2)7-13-12(8)11/h4-7,10,13H,1-3H3. The summed E-state index contributed by atoms with van der Waals surface area (Å²) in [5, 5.41) is 3.35. The maximum absolute atomic E-state index is 3.35. The fourth-order valence-corrected chi connectivity index (χ4v) is 1.80. The Balaban J connectivity index is 2.55. The number of rotatable bonds is 0. The predicted molar refractivity (Wildman–Crippen MR) is 57.0 cm³/mol. The van der Waals surface area contributed by atoms with E-state index in [-0.39, 0.29) is 0 Å². The first-order valence-corrected chi connectivity index (χ1v) is 4.73. The van der Waals surface area contributed by atoms with E-state index in [1.807, 2.05) is 0 Å². The van der Waals surface area contributed by atoms with Crippen molar-refractivity contribution in [3.05, 3.63) is 41.1 Å². The summed E-state index contributed by atoms with van der Waals surface area (Å²) in [4.78, 5) is 0. The Bertz CT molecular complexity index is 363. The second-order valence-electron chi connectivity index (χ2n) is 3.79. The molecule has 1 aromatic rings. The van der Waals surface area contributed by atoms with E-state index in [4.69, 9.17) is 0 Å². The zero-order chi connectivity index (χ0) is 9.42. The quantitative estimate of drug-likeness (QED) is 0.633. The topological polar surface area (TPSA) is 12.0 Å².